The van der Waals surface area contributed by atoms with Crippen LogP contribution in [0.2, 0.25) is 0 Å². The Kier molecular flexibility index (Phi) is 4.41. The Hall–Kier alpha value is -2.00. The van der Waals surface area contributed by atoms with Gasteiger partial charge in [-0.3, -0.25) is 0 Å². The minimum absolute atomic E-state index is 0.481. The van der Waals surface area contributed by atoms with Crippen LogP contribution in [-0.4, -0.2) is 25.7 Å². The predicted octanol–water partition coefficient (Wildman–Crippen LogP) is 3.06. The van der Waals surface area contributed by atoms with E-state index in [1.807, 2.05) is 30.3 Å². The Morgan fingerprint density at radius 3 is 2.71 bits per heavy atom. The largest absolute Gasteiger partial charge is 0.492 e. The summed E-state index contributed by atoms with van der Waals surface area (Å²) in [4.78, 5) is 2.42. The van der Waals surface area contributed by atoms with Crippen molar-refractivity contribution >= 4 is 5.69 Å². The molecule has 1 N–H and O–H groups in total. The molecule has 2 aromatic rings. The van der Waals surface area contributed by atoms with Gasteiger partial charge in [0.05, 0.1) is 6.54 Å². The molecule has 110 valence electrons. The third-order valence-corrected chi connectivity index (χ3v) is 3.84. The first-order valence-corrected chi connectivity index (χ1v) is 7.57. The van der Waals surface area contributed by atoms with E-state index in [9.17, 15) is 0 Å². The molecule has 3 rings (SSSR count). The number of para-hydroxylation sites is 2. The average Bonchev–Trinajstić information content (AvgIpc) is 2.68. The highest BCUT2D eigenvalue weighted by molar-refractivity contribution is 5.54. The first-order chi connectivity index (χ1) is 10.3. The van der Waals surface area contributed by atoms with Crippen molar-refractivity contribution in [1.29, 1.82) is 0 Å². The lowest BCUT2D eigenvalue weighted by molar-refractivity contribution is 0.322. The highest BCUT2D eigenvalue weighted by Crippen LogP contribution is 2.23. The molecule has 0 spiro atoms. The fourth-order valence-corrected chi connectivity index (χ4v) is 2.75. The molecule has 3 heteroatoms. The fourth-order valence-electron chi connectivity index (χ4n) is 2.75. The molecule has 0 radical (unpaired) electrons. The summed E-state index contributed by atoms with van der Waals surface area (Å²) in [5, 5.41) is 3.56. The zero-order chi connectivity index (χ0) is 14.5. The number of nitrogens with zero attached hydrogens (tertiary/aromatic N) is 1. The summed E-state index contributed by atoms with van der Waals surface area (Å²) < 4.78 is 5.84. The van der Waals surface area contributed by atoms with E-state index in [1.54, 1.807) is 0 Å². The van der Waals surface area contributed by atoms with Crippen LogP contribution in [0.1, 0.15) is 12.5 Å². The number of benzene rings is 2. The van der Waals surface area contributed by atoms with E-state index in [4.69, 9.17) is 4.74 Å². The molecule has 0 amide bonds. The van der Waals surface area contributed by atoms with Crippen LogP contribution in [0.5, 0.6) is 5.75 Å². The Morgan fingerprint density at radius 2 is 1.86 bits per heavy atom. The van der Waals surface area contributed by atoms with Gasteiger partial charge in [-0.2, -0.15) is 0 Å². The summed E-state index contributed by atoms with van der Waals surface area (Å²) in [6.45, 7) is 5.78. The second-order valence-corrected chi connectivity index (χ2v) is 5.52. The van der Waals surface area contributed by atoms with Gasteiger partial charge in [-0.25, -0.2) is 0 Å². The lowest BCUT2D eigenvalue weighted by atomic mass is 10.1. The van der Waals surface area contributed by atoms with Crippen molar-refractivity contribution in [3.05, 3.63) is 60.2 Å². The van der Waals surface area contributed by atoms with Crippen LogP contribution < -0.4 is 15.0 Å². The van der Waals surface area contributed by atoms with E-state index in [2.05, 4.69) is 41.4 Å². The van der Waals surface area contributed by atoms with Crippen LogP contribution >= 0.6 is 0 Å². The zero-order valence-electron chi connectivity index (χ0n) is 12.5. The summed E-state index contributed by atoms with van der Waals surface area (Å²) in [5.41, 5.74) is 2.69. The van der Waals surface area contributed by atoms with Gasteiger partial charge in [0.15, 0.2) is 0 Å². The molecule has 2 aromatic carbocycles. The average molecular weight is 282 g/mol. The van der Waals surface area contributed by atoms with Gasteiger partial charge < -0.3 is 15.0 Å². The minimum Gasteiger partial charge on any atom is -0.492 e. The molecule has 0 aromatic heterocycles. The number of fused-ring (bicyclic) bond motifs is 1. The van der Waals surface area contributed by atoms with Gasteiger partial charge in [0.25, 0.3) is 0 Å². The molecule has 1 unspecified atom stereocenters. The maximum absolute atomic E-state index is 5.84. The molecule has 21 heavy (non-hydrogen) atoms. The maximum atomic E-state index is 5.84. The number of hydrogen-bond acceptors (Lipinski definition) is 3. The Balaban J connectivity index is 1.66. The van der Waals surface area contributed by atoms with Gasteiger partial charge in [-0.05, 0) is 30.7 Å². The third kappa shape index (κ3) is 3.56. The number of hydrogen-bond donors (Lipinski definition) is 1. The summed E-state index contributed by atoms with van der Waals surface area (Å²) in [6.07, 6.45) is 0. The maximum Gasteiger partial charge on any atom is 0.119 e. The molecule has 1 aliphatic rings. The van der Waals surface area contributed by atoms with Gasteiger partial charge in [0.1, 0.15) is 12.4 Å². The van der Waals surface area contributed by atoms with Gasteiger partial charge in [0.2, 0.25) is 0 Å². The van der Waals surface area contributed by atoms with Crippen LogP contribution in [-0.2, 0) is 6.54 Å². The van der Waals surface area contributed by atoms with E-state index in [-0.39, 0.29) is 0 Å². The third-order valence-electron chi connectivity index (χ3n) is 3.84. The van der Waals surface area contributed by atoms with Crippen molar-refractivity contribution in [2.24, 2.45) is 0 Å². The summed E-state index contributed by atoms with van der Waals surface area (Å²) in [5.74, 6) is 0.937. The van der Waals surface area contributed by atoms with Crippen LogP contribution in [0, 0.1) is 0 Å². The number of anilines is 1. The van der Waals surface area contributed by atoms with Crippen molar-refractivity contribution in [3.8, 4) is 5.75 Å². The van der Waals surface area contributed by atoms with Gasteiger partial charge >= 0.3 is 0 Å². The SMILES string of the molecule is CC1CN(CCOc2ccccc2)c2ccccc2CN1. The number of rotatable bonds is 4. The standard InChI is InChI=1S/C18H22N2O/c1-15-14-20(11-12-21-17-8-3-2-4-9-17)18-10-6-5-7-16(18)13-19-15/h2-10,15,19H,11-14H2,1H3. The van der Waals surface area contributed by atoms with Crippen molar-refractivity contribution in [1.82, 2.24) is 5.32 Å². The molecule has 3 nitrogen and oxygen atoms in total. The fraction of sp³-hybridized carbons (Fsp3) is 0.333. The van der Waals surface area contributed by atoms with E-state index < -0.39 is 0 Å². The smallest absolute Gasteiger partial charge is 0.119 e. The number of ether oxygens (including phenoxy) is 1. The Bertz CT molecular complexity index is 570. The second kappa shape index (κ2) is 6.64. The first kappa shape index (κ1) is 14.0. The van der Waals surface area contributed by atoms with Crippen LogP contribution in [0.25, 0.3) is 0 Å². The van der Waals surface area contributed by atoms with Crippen LogP contribution in [0.15, 0.2) is 54.6 Å². The highest BCUT2D eigenvalue weighted by Gasteiger charge is 2.18. The van der Waals surface area contributed by atoms with Crippen molar-refractivity contribution < 1.29 is 4.74 Å². The van der Waals surface area contributed by atoms with E-state index >= 15 is 0 Å². The lowest BCUT2D eigenvalue weighted by Crippen LogP contribution is -2.38. The normalized spacial score (nSPS) is 18.0. The monoisotopic (exact) mass is 282 g/mol. The Morgan fingerprint density at radius 1 is 1.10 bits per heavy atom. The van der Waals surface area contributed by atoms with Crippen molar-refractivity contribution in [3.63, 3.8) is 0 Å². The number of nitrogens with one attached hydrogen (secondary N) is 1. The lowest BCUT2D eigenvalue weighted by Gasteiger charge is -2.26. The first-order valence-electron chi connectivity index (χ1n) is 7.57. The molecule has 0 saturated carbocycles. The summed E-state index contributed by atoms with van der Waals surface area (Å²) in [7, 11) is 0. The Labute approximate surface area is 126 Å². The van der Waals surface area contributed by atoms with E-state index in [1.165, 1.54) is 11.3 Å². The van der Waals surface area contributed by atoms with E-state index in [0.29, 0.717) is 12.6 Å². The van der Waals surface area contributed by atoms with Crippen molar-refractivity contribution in [2.75, 3.05) is 24.6 Å². The molecular weight excluding hydrogens is 260 g/mol. The zero-order valence-corrected chi connectivity index (χ0v) is 12.5. The molecule has 1 heterocycles. The van der Waals surface area contributed by atoms with Crippen LogP contribution in [0.4, 0.5) is 5.69 Å². The molecule has 1 aliphatic heterocycles. The van der Waals surface area contributed by atoms with Gasteiger partial charge in [0, 0.05) is 24.8 Å². The topological polar surface area (TPSA) is 24.5 Å². The summed E-state index contributed by atoms with van der Waals surface area (Å²) in [6, 6.07) is 19.1. The molecular formula is C18H22N2O. The van der Waals surface area contributed by atoms with Gasteiger partial charge in [-0.15, -0.1) is 0 Å². The summed E-state index contributed by atoms with van der Waals surface area (Å²) >= 11 is 0. The predicted molar refractivity (Wildman–Crippen MR) is 86.9 cm³/mol. The minimum atomic E-state index is 0.481. The molecule has 0 aliphatic carbocycles. The van der Waals surface area contributed by atoms with E-state index in [0.717, 1.165) is 25.4 Å². The molecule has 0 saturated heterocycles. The molecule has 0 bridgehead atoms. The van der Waals surface area contributed by atoms with Crippen molar-refractivity contribution in [2.45, 2.75) is 19.5 Å². The highest BCUT2D eigenvalue weighted by atomic mass is 16.5. The molecule has 0 fully saturated rings. The molecule has 1 atom stereocenters. The van der Waals surface area contributed by atoms with Crippen LogP contribution in [0.3, 0.4) is 0 Å². The van der Waals surface area contributed by atoms with Gasteiger partial charge in [-0.1, -0.05) is 36.4 Å². The second-order valence-electron chi connectivity index (χ2n) is 5.52. The quantitative estimate of drug-likeness (QED) is 0.932.